The number of thioether (sulfide) groups is 1. The van der Waals surface area contributed by atoms with Gasteiger partial charge in [-0.1, -0.05) is 13.0 Å². The highest BCUT2D eigenvalue weighted by atomic mass is 32.2. The van der Waals surface area contributed by atoms with Gasteiger partial charge in [0.25, 0.3) is 10.0 Å². The minimum absolute atomic E-state index is 0.0895. The summed E-state index contributed by atoms with van der Waals surface area (Å²) in [6, 6.07) is 10.5. The van der Waals surface area contributed by atoms with E-state index < -0.39 is 10.0 Å². The molecule has 0 saturated carbocycles. The summed E-state index contributed by atoms with van der Waals surface area (Å²) in [6.07, 6.45) is 0. The van der Waals surface area contributed by atoms with E-state index in [1.165, 1.54) is 4.31 Å². The molecule has 1 heterocycles. The van der Waals surface area contributed by atoms with Crippen LogP contribution in [0.5, 0.6) is 0 Å². The molecule has 1 aliphatic heterocycles. The number of anilines is 2. The second-order valence-corrected chi connectivity index (χ2v) is 9.63. The van der Waals surface area contributed by atoms with Crippen LogP contribution in [0.1, 0.15) is 18.1 Å². The van der Waals surface area contributed by atoms with Crippen LogP contribution >= 0.6 is 11.8 Å². The molecule has 2 aromatic carbocycles. The largest absolute Gasteiger partial charge is 0.325 e. The highest BCUT2D eigenvalue weighted by Crippen LogP contribution is 2.35. The molecular weight excluding hydrogens is 368 g/mol. The maximum atomic E-state index is 13.1. The minimum Gasteiger partial charge on any atom is -0.325 e. The van der Waals surface area contributed by atoms with Gasteiger partial charge >= 0.3 is 0 Å². The standard InChI is InChI=1S/C19H22N2O3S2/c1-12-5-6-15(9-13(12)2)21(4)26(23,24)16-7-8-18-17(10-16)20-19(22)14(3)11-25-18/h5-10,14H,11H2,1-4H3,(H,20,22). The van der Waals surface area contributed by atoms with Crippen molar-refractivity contribution in [3.8, 4) is 0 Å². The Morgan fingerprint density at radius 2 is 1.85 bits per heavy atom. The topological polar surface area (TPSA) is 66.5 Å². The van der Waals surface area contributed by atoms with Crippen LogP contribution in [0.15, 0.2) is 46.2 Å². The molecule has 0 radical (unpaired) electrons. The van der Waals surface area contributed by atoms with Crippen LogP contribution in [-0.4, -0.2) is 27.1 Å². The first-order valence-electron chi connectivity index (χ1n) is 8.34. The second kappa shape index (κ2) is 6.96. The lowest BCUT2D eigenvalue weighted by atomic mass is 10.1. The van der Waals surface area contributed by atoms with Gasteiger partial charge in [0.1, 0.15) is 0 Å². The zero-order chi connectivity index (χ0) is 19.1. The molecule has 1 unspecified atom stereocenters. The van der Waals surface area contributed by atoms with Gasteiger partial charge in [-0.25, -0.2) is 8.42 Å². The number of nitrogens with zero attached hydrogens (tertiary/aromatic N) is 1. The van der Waals surface area contributed by atoms with E-state index in [1.54, 1.807) is 43.1 Å². The van der Waals surface area contributed by atoms with E-state index >= 15 is 0 Å². The first-order valence-corrected chi connectivity index (χ1v) is 10.8. The highest BCUT2D eigenvalue weighted by Gasteiger charge is 2.25. The molecule has 0 bridgehead atoms. The van der Waals surface area contributed by atoms with Crippen molar-refractivity contribution in [3.63, 3.8) is 0 Å². The summed E-state index contributed by atoms with van der Waals surface area (Å²) in [5.41, 5.74) is 3.30. The van der Waals surface area contributed by atoms with Crippen molar-refractivity contribution in [3.05, 3.63) is 47.5 Å². The number of sulfonamides is 1. The fourth-order valence-corrected chi connectivity index (χ4v) is 4.88. The Balaban J connectivity index is 1.98. The monoisotopic (exact) mass is 390 g/mol. The average molecular weight is 391 g/mol. The van der Waals surface area contributed by atoms with Gasteiger partial charge in [0, 0.05) is 23.6 Å². The zero-order valence-corrected chi connectivity index (χ0v) is 16.9. The number of carbonyl (C=O) groups is 1. The van der Waals surface area contributed by atoms with Crippen molar-refractivity contribution >= 4 is 39.1 Å². The summed E-state index contributed by atoms with van der Waals surface area (Å²) in [5, 5.41) is 2.84. The molecule has 0 spiro atoms. The third-order valence-corrected chi connectivity index (χ3v) is 7.77. The van der Waals surface area contributed by atoms with Gasteiger partial charge in [0.2, 0.25) is 5.91 Å². The fraction of sp³-hybridized carbons (Fsp3) is 0.316. The Kier molecular flexibility index (Phi) is 5.03. The molecule has 138 valence electrons. The normalized spacial score (nSPS) is 17.2. The van der Waals surface area contributed by atoms with Gasteiger partial charge in [-0.15, -0.1) is 11.8 Å². The van der Waals surface area contributed by atoms with E-state index in [1.807, 2.05) is 32.9 Å². The predicted octanol–water partition coefficient (Wildman–Crippen LogP) is 3.81. The molecule has 1 N–H and O–H groups in total. The van der Waals surface area contributed by atoms with Crippen LogP contribution in [0.2, 0.25) is 0 Å². The smallest absolute Gasteiger partial charge is 0.264 e. The maximum Gasteiger partial charge on any atom is 0.264 e. The summed E-state index contributed by atoms with van der Waals surface area (Å²) in [6.45, 7) is 5.80. The Hall–Kier alpha value is -1.99. The third kappa shape index (κ3) is 3.46. The molecule has 3 rings (SSSR count). The van der Waals surface area contributed by atoms with Crippen molar-refractivity contribution < 1.29 is 13.2 Å². The summed E-state index contributed by atoms with van der Waals surface area (Å²) < 4.78 is 27.4. The van der Waals surface area contributed by atoms with Crippen LogP contribution in [-0.2, 0) is 14.8 Å². The number of fused-ring (bicyclic) bond motifs is 1. The molecule has 1 aliphatic rings. The quantitative estimate of drug-likeness (QED) is 0.865. The zero-order valence-electron chi connectivity index (χ0n) is 15.2. The Labute approximate surface area is 158 Å². The lowest BCUT2D eigenvalue weighted by Crippen LogP contribution is -2.27. The number of benzene rings is 2. The molecule has 2 aromatic rings. The SMILES string of the molecule is Cc1ccc(N(C)S(=O)(=O)c2ccc3c(c2)NC(=O)C(C)CS3)cc1C. The third-order valence-electron chi connectivity index (χ3n) is 4.66. The molecule has 7 heteroatoms. The van der Waals surface area contributed by atoms with Crippen molar-refractivity contribution in [1.82, 2.24) is 0 Å². The van der Waals surface area contributed by atoms with Crippen molar-refractivity contribution in [2.24, 2.45) is 5.92 Å². The van der Waals surface area contributed by atoms with Crippen LogP contribution in [0.25, 0.3) is 0 Å². The van der Waals surface area contributed by atoms with Crippen molar-refractivity contribution in [2.45, 2.75) is 30.6 Å². The Morgan fingerprint density at radius 1 is 1.12 bits per heavy atom. The number of aryl methyl sites for hydroxylation is 2. The van der Waals surface area contributed by atoms with E-state index in [4.69, 9.17) is 0 Å². The summed E-state index contributed by atoms with van der Waals surface area (Å²) in [4.78, 5) is 13.1. The molecule has 1 amide bonds. The molecule has 26 heavy (non-hydrogen) atoms. The van der Waals surface area contributed by atoms with Crippen LogP contribution in [0, 0.1) is 19.8 Å². The number of nitrogens with one attached hydrogen (secondary N) is 1. The van der Waals surface area contributed by atoms with Gasteiger partial charge in [-0.3, -0.25) is 9.10 Å². The first kappa shape index (κ1) is 18.8. The number of carbonyl (C=O) groups excluding carboxylic acids is 1. The summed E-state index contributed by atoms with van der Waals surface area (Å²) >= 11 is 1.56. The highest BCUT2D eigenvalue weighted by molar-refractivity contribution is 7.99. The van der Waals surface area contributed by atoms with Gasteiger partial charge in [0.05, 0.1) is 16.3 Å². The van der Waals surface area contributed by atoms with Crippen LogP contribution in [0.4, 0.5) is 11.4 Å². The molecule has 1 atom stereocenters. The molecular formula is C19H22N2O3S2. The summed E-state index contributed by atoms with van der Waals surface area (Å²) in [5.74, 6) is 0.465. The lowest BCUT2D eigenvalue weighted by Gasteiger charge is -2.21. The number of amides is 1. The van der Waals surface area contributed by atoms with E-state index in [0.29, 0.717) is 17.1 Å². The Bertz CT molecular complexity index is 971. The van der Waals surface area contributed by atoms with Gasteiger partial charge < -0.3 is 5.32 Å². The number of hydrogen-bond acceptors (Lipinski definition) is 4. The van der Waals surface area contributed by atoms with Crippen LogP contribution in [0.3, 0.4) is 0 Å². The second-order valence-electron chi connectivity index (χ2n) is 6.60. The van der Waals surface area contributed by atoms with Gasteiger partial charge in [0.15, 0.2) is 0 Å². The Morgan fingerprint density at radius 3 is 2.54 bits per heavy atom. The lowest BCUT2D eigenvalue weighted by molar-refractivity contribution is -0.118. The fourth-order valence-electron chi connectivity index (χ4n) is 2.66. The van der Waals surface area contributed by atoms with Crippen molar-refractivity contribution in [1.29, 1.82) is 0 Å². The van der Waals surface area contributed by atoms with Gasteiger partial charge in [-0.2, -0.15) is 0 Å². The first-order chi connectivity index (χ1) is 12.2. The maximum absolute atomic E-state index is 13.1. The molecule has 5 nitrogen and oxygen atoms in total. The van der Waals surface area contributed by atoms with Crippen LogP contribution < -0.4 is 9.62 Å². The average Bonchev–Trinajstić information content (AvgIpc) is 2.75. The van der Waals surface area contributed by atoms with Crippen molar-refractivity contribution in [2.75, 3.05) is 22.4 Å². The molecule has 0 aromatic heterocycles. The predicted molar refractivity (Wildman–Crippen MR) is 106 cm³/mol. The molecule has 0 aliphatic carbocycles. The van der Waals surface area contributed by atoms with Gasteiger partial charge in [-0.05, 0) is 55.3 Å². The van der Waals surface area contributed by atoms with E-state index in [2.05, 4.69) is 5.32 Å². The molecule has 0 fully saturated rings. The van der Waals surface area contributed by atoms with E-state index in [-0.39, 0.29) is 16.7 Å². The minimum atomic E-state index is -3.73. The number of hydrogen-bond donors (Lipinski definition) is 1. The summed E-state index contributed by atoms with van der Waals surface area (Å²) in [7, 11) is -2.18. The van der Waals surface area contributed by atoms with E-state index in [9.17, 15) is 13.2 Å². The molecule has 0 saturated heterocycles. The van der Waals surface area contributed by atoms with E-state index in [0.717, 1.165) is 16.0 Å². The number of rotatable bonds is 3.